The van der Waals surface area contributed by atoms with E-state index in [1.807, 2.05) is 18.8 Å². The van der Waals surface area contributed by atoms with Gasteiger partial charge in [0.2, 0.25) is 10.0 Å². The van der Waals surface area contributed by atoms with Gasteiger partial charge in [-0.2, -0.15) is 4.31 Å². The molecule has 1 aromatic heterocycles. The smallest absolute Gasteiger partial charge is 0.211 e. The lowest BCUT2D eigenvalue weighted by Gasteiger charge is -2.45. The Bertz CT molecular complexity index is 652. The maximum atomic E-state index is 12.1. The fourth-order valence-electron chi connectivity index (χ4n) is 3.92. The van der Waals surface area contributed by atoms with Gasteiger partial charge in [-0.1, -0.05) is 12.8 Å². The van der Waals surface area contributed by atoms with Crippen LogP contribution in [0.15, 0.2) is 0 Å². The fourth-order valence-corrected chi connectivity index (χ4v) is 4.83. The third-order valence-corrected chi connectivity index (χ3v) is 6.59. The monoisotopic (exact) mass is 342 g/mol. The van der Waals surface area contributed by atoms with E-state index in [9.17, 15) is 8.42 Å². The number of likely N-dealkylation sites (N-methyl/N-ethyl adjacent to an activating group) is 1. The second kappa shape index (κ2) is 6.10. The molecule has 1 aliphatic carbocycles. The number of hydrogen-bond donors (Lipinski definition) is 0. The van der Waals surface area contributed by atoms with Crippen LogP contribution in [0.4, 0.5) is 0 Å². The molecule has 3 rings (SSSR count). The van der Waals surface area contributed by atoms with E-state index >= 15 is 0 Å². The van der Waals surface area contributed by atoms with E-state index in [2.05, 4.69) is 20.4 Å². The molecule has 1 aromatic rings. The Hall–Kier alpha value is -1.06. The highest BCUT2D eigenvalue weighted by Crippen LogP contribution is 2.38. The summed E-state index contributed by atoms with van der Waals surface area (Å²) in [6.07, 6.45) is 7.54. The van der Waals surface area contributed by atoms with E-state index < -0.39 is 15.6 Å². The van der Waals surface area contributed by atoms with Gasteiger partial charge in [-0.25, -0.2) is 13.1 Å². The quantitative estimate of drug-likeness (QED) is 0.797. The van der Waals surface area contributed by atoms with E-state index in [1.165, 1.54) is 19.1 Å². The van der Waals surface area contributed by atoms with Gasteiger partial charge in [0, 0.05) is 13.1 Å². The van der Waals surface area contributed by atoms with Gasteiger partial charge in [-0.05, 0) is 50.2 Å². The average molecular weight is 342 g/mol. The van der Waals surface area contributed by atoms with Crippen molar-refractivity contribution in [2.24, 2.45) is 0 Å². The van der Waals surface area contributed by atoms with Crippen molar-refractivity contribution in [2.45, 2.75) is 50.1 Å². The standard InChI is InChI=1S/C14H26N6O2S/c1-18(2)14(9-6-10-19(11-14)23(3,21)22)13-15-16-17-20(13)12-7-4-5-8-12/h12H,4-11H2,1-3H3. The first-order valence-electron chi connectivity index (χ1n) is 8.25. The fraction of sp³-hybridized carbons (Fsp3) is 0.929. The second-order valence-corrected chi connectivity index (χ2v) is 8.99. The predicted molar refractivity (Wildman–Crippen MR) is 86.3 cm³/mol. The molecule has 1 saturated heterocycles. The Labute approximate surface area is 137 Å². The van der Waals surface area contributed by atoms with Gasteiger partial charge in [-0.15, -0.1) is 5.10 Å². The zero-order valence-corrected chi connectivity index (χ0v) is 15.0. The number of hydrogen-bond acceptors (Lipinski definition) is 6. The van der Waals surface area contributed by atoms with E-state index in [0.29, 0.717) is 19.1 Å². The summed E-state index contributed by atoms with van der Waals surface area (Å²) in [4.78, 5) is 2.08. The molecule has 0 N–H and O–H groups in total. The van der Waals surface area contributed by atoms with Crippen molar-refractivity contribution in [3.8, 4) is 0 Å². The van der Waals surface area contributed by atoms with Gasteiger partial charge in [-0.3, -0.25) is 4.90 Å². The molecule has 2 aliphatic rings. The summed E-state index contributed by atoms with van der Waals surface area (Å²) >= 11 is 0. The van der Waals surface area contributed by atoms with Gasteiger partial charge in [0.05, 0.1) is 17.8 Å². The van der Waals surface area contributed by atoms with Gasteiger partial charge >= 0.3 is 0 Å². The van der Waals surface area contributed by atoms with Crippen LogP contribution >= 0.6 is 0 Å². The van der Waals surface area contributed by atoms with E-state index in [0.717, 1.165) is 31.5 Å². The van der Waals surface area contributed by atoms with Crippen LogP contribution in [0.1, 0.15) is 50.4 Å². The lowest BCUT2D eigenvalue weighted by molar-refractivity contribution is 0.0625. The van der Waals surface area contributed by atoms with Crippen LogP contribution in [0.2, 0.25) is 0 Å². The van der Waals surface area contributed by atoms with E-state index in [4.69, 9.17) is 0 Å². The molecular weight excluding hydrogens is 316 g/mol. The van der Waals surface area contributed by atoms with Crippen LogP contribution < -0.4 is 0 Å². The van der Waals surface area contributed by atoms with Crippen molar-refractivity contribution < 1.29 is 8.42 Å². The van der Waals surface area contributed by atoms with Crippen molar-refractivity contribution in [1.82, 2.24) is 29.4 Å². The summed E-state index contributed by atoms with van der Waals surface area (Å²) in [5, 5.41) is 12.5. The highest BCUT2D eigenvalue weighted by Gasteiger charge is 2.46. The molecule has 2 fully saturated rings. The summed E-state index contributed by atoms with van der Waals surface area (Å²) in [5.41, 5.74) is -0.465. The number of tetrazole rings is 1. The van der Waals surface area contributed by atoms with Gasteiger partial charge in [0.1, 0.15) is 0 Å². The normalized spacial score (nSPS) is 27.8. The molecule has 130 valence electrons. The number of nitrogens with zero attached hydrogens (tertiary/aromatic N) is 6. The molecular formula is C14H26N6O2S. The lowest BCUT2D eigenvalue weighted by Crippen LogP contribution is -2.56. The molecule has 0 spiro atoms. The molecule has 0 bridgehead atoms. The Morgan fingerprint density at radius 2 is 1.91 bits per heavy atom. The summed E-state index contributed by atoms with van der Waals surface area (Å²) in [6.45, 7) is 0.978. The Balaban J connectivity index is 2.00. The topological polar surface area (TPSA) is 84.2 Å². The zero-order chi connectivity index (χ0) is 16.7. The molecule has 2 heterocycles. The van der Waals surface area contributed by atoms with Crippen LogP contribution in [-0.2, 0) is 15.6 Å². The highest BCUT2D eigenvalue weighted by molar-refractivity contribution is 7.88. The zero-order valence-electron chi connectivity index (χ0n) is 14.1. The molecule has 0 radical (unpaired) electrons. The largest absolute Gasteiger partial charge is 0.296 e. The minimum Gasteiger partial charge on any atom is -0.296 e. The van der Waals surface area contributed by atoms with Crippen LogP contribution in [0.3, 0.4) is 0 Å². The van der Waals surface area contributed by atoms with E-state index in [1.54, 1.807) is 4.31 Å². The first-order valence-corrected chi connectivity index (χ1v) is 10.1. The average Bonchev–Trinajstić information content (AvgIpc) is 3.17. The number of rotatable bonds is 4. The van der Waals surface area contributed by atoms with Crippen molar-refractivity contribution in [2.75, 3.05) is 33.4 Å². The molecule has 0 amide bonds. The minimum absolute atomic E-state index is 0.338. The molecule has 23 heavy (non-hydrogen) atoms. The summed E-state index contributed by atoms with van der Waals surface area (Å²) in [5.74, 6) is 0.808. The predicted octanol–water partition coefficient (Wildman–Crippen LogP) is 0.600. The third kappa shape index (κ3) is 3.01. The van der Waals surface area contributed by atoms with Crippen LogP contribution in [0.25, 0.3) is 0 Å². The first kappa shape index (κ1) is 16.8. The lowest BCUT2D eigenvalue weighted by atomic mass is 9.87. The summed E-state index contributed by atoms with van der Waals surface area (Å²) in [7, 11) is 0.747. The summed E-state index contributed by atoms with van der Waals surface area (Å²) < 4.78 is 27.6. The van der Waals surface area contributed by atoms with Crippen LogP contribution in [-0.4, -0.2) is 71.3 Å². The maximum Gasteiger partial charge on any atom is 0.211 e. The Morgan fingerprint density at radius 1 is 1.22 bits per heavy atom. The van der Waals surface area contributed by atoms with Crippen LogP contribution in [0, 0.1) is 0 Å². The highest BCUT2D eigenvalue weighted by atomic mass is 32.2. The first-order chi connectivity index (χ1) is 10.8. The molecule has 1 saturated carbocycles. The van der Waals surface area contributed by atoms with Gasteiger partial charge in [0.25, 0.3) is 0 Å². The molecule has 9 heteroatoms. The van der Waals surface area contributed by atoms with Crippen molar-refractivity contribution in [3.05, 3.63) is 5.82 Å². The van der Waals surface area contributed by atoms with Crippen molar-refractivity contribution >= 4 is 10.0 Å². The summed E-state index contributed by atoms with van der Waals surface area (Å²) in [6, 6.07) is 0.338. The van der Waals surface area contributed by atoms with E-state index in [-0.39, 0.29) is 0 Å². The number of piperidine rings is 1. The van der Waals surface area contributed by atoms with Gasteiger partial charge in [0.15, 0.2) is 5.82 Å². The van der Waals surface area contributed by atoms with Crippen LogP contribution in [0.5, 0.6) is 0 Å². The Morgan fingerprint density at radius 3 is 2.52 bits per heavy atom. The molecule has 1 atom stereocenters. The SMILES string of the molecule is CN(C)C1(c2nnnn2C2CCCC2)CCCN(S(C)(=O)=O)C1. The van der Waals surface area contributed by atoms with Gasteiger partial charge < -0.3 is 0 Å². The Kier molecular flexibility index (Phi) is 4.45. The third-order valence-electron chi connectivity index (χ3n) is 5.34. The van der Waals surface area contributed by atoms with Crippen molar-refractivity contribution in [1.29, 1.82) is 0 Å². The minimum atomic E-state index is -3.22. The van der Waals surface area contributed by atoms with Crippen molar-refractivity contribution in [3.63, 3.8) is 0 Å². The maximum absolute atomic E-state index is 12.1. The number of aromatic nitrogens is 4. The second-order valence-electron chi connectivity index (χ2n) is 7.01. The molecule has 0 aromatic carbocycles. The number of sulfonamides is 1. The molecule has 8 nitrogen and oxygen atoms in total. The molecule has 1 aliphatic heterocycles. The molecule has 1 unspecified atom stereocenters.